The maximum absolute atomic E-state index is 12.3. The van der Waals surface area contributed by atoms with Gasteiger partial charge in [0.2, 0.25) is 11.9 Å². The van der Waals surface area contributed by atoms with Crippen LogP contribution in [-0.2, 0) is 11.2 Å². The minimum atomic E-state index is -0.327. The van der Waals surface area contributed by atoms with Gasteiger partial charge in [-0.25, -0.2) is 4.98 Å². The molecule has 1 saturated carbocycles. The molecule has 7 heteroatoms. The van der Waals surface area contributed by atoms with E-state index in [2.05, 4.69) is 20.2 Å². The van der Waals surface area contributed by atoms with Crippen LogP contribution >= 0.6 is 0 Å². The molecule has 7 nitrogen and oxygen atoms in total. The summed E-state index contributed by atoms with van der Waals surface area (Å²) in [7, 11) is 0. The van der Waals surface area contributed by atoms with Crippen molar-refractivity contribution >= 4 is 11.9 Å². The number of H-pyrrole nitrogens is 1. The molecule has 1 aliphatic carbocycles. The first kappa shape index (κ1) is 17.9. The van der Waals surface area contributed by atoms with Crippen molar-refractivity contribution in [1.82, 2.24) is 20.2 Å². The third-order valence-electron chi connectivity index (χ3n) is 5.27. The normalized spacial score (nSPS) is 22.6. The van der Waals surface area contributed by atoms with Crippen LogP contribution in [0.25, 0.3) is 0 Å². The van der Waals surface area contributed by atoms with E-state index < -0.39 is 0 Å². The van der Waals surface area contributed by atoms with Crippen molar-refractivity contribution in [3.05, 3.63) is 22.1 Å². The van der Waals surface area contributed by atoms with Crippen LogP contribution in [0.2, 0.25) is 0 Å². The van der Waals surface area contributed by atoms with E-state index in [1.165, 1.54) is 44.7 Å². The van der Waals surface area contributed by atoms with Crippen LogP contribution in [0.15, 0.2) is 10.9 Å². The third kappa shape index (κ3) is 5.56. The molecule has 1 aromatic heterocycles. The van der Waals surface area contributed by atoms with Gasteiger partial charge in [0.05, 0.1) is 12.1 Å². The lowest BCUT2D eigenvalue weighted by molar-refractivity contribution is -0.121. The van der Waals surface area contributed by atoms with Gasteiger partial charge in [0, 0.05) is 25.2 Å². The number of anilines is 1. The van der Waals surface area contributed by atoms with E-state index in [0.717, 1.165) is 31.8 Å². The van der Waals surface area contributed by atoms with E-state index in [4.69, 9.17) is 5.73 Å². The van der Waals surface area contributed by atoms with Crippen LogP contribution in [0, 0.1) is 5.92 Å². The second-order valence-corrected chi connectivity index (χ2v) is 7.47. The Bertz CT molecular complexity index is 639. The quantitative estimate of drug-likeness (QED) is 0.739. The molecule has 1 unspecified atom stereocenters. The van der Waals surface area contributed by atoms with Crippen LogP contribution in [0.3, 0.4) is 0 Å². The predicted molar refractivity (Wildman–Crippen MR) is 97.2 cm³/mol. The molecular weight excluding hydrogens is 318 g/mol. The van der Waals surface area contributed by atoms with Gasteiger partial charge in [-0.15, -0.1) is 0 Å². The number of carbonyl (C=O) groups is 1. The molecule has 2 aliphatic rings. The van der Waals surface area contributed by atoms with Crippen LogP contribution in [0.1, 0.15) is 50.6 Å². The molecule has 1 saturated heterocycles. The zero-order valence-electron chi connectivity index (χ0n) is 14.8. The standard InChI is InChI=1S/C18H29N5O2/c19-18-21-15(10-17(25)22-18)9-16(24)20-14-7-4-8-23(12-14)11-13-5-2-1-3-6-13/h10,13-14H,1-9,11-12H2,(H,20,24)(H3,19,21,22,25). The molecule has 1 amide bonds. The second kappa shape index (κ2) is 8.47. The van der Waals surface area contributed by atoms with Gasteiger partial charge in [-0.1, -0.05) is 19.3 Å². The highest BCUT2D eigenvalue weighted by atomic mass is 16.1. The number of hydrogen-bond acceptors (Lipinski definition) is 5. The number of aromatic amines is 1. The fourth-order valence-electron chi connectivity index (χ4n) is 4.14. The van der Waals surface area contributed by atoms with E-state index in [-0.39, 0.29) is 29.9 Å². The second-order valence-electron chi connectivity index (χ2n) is 7.47. The van der Waals surface area contributed by atoms with Crippen LogP contribution in [-0.4, -0.2) is 46.5 Å². The van der Waals surface area contributed by atoms with E-state index in [1.807, 2.05) is 0 Å². The molecule has 1 aromatic rings. The van der Waals surface area contributed by atoms with Crippen molar-refractivity contribution in [1.29, 1.82) is 0 Å². The fraction of sp³-hybridized carbons (Fsp3) is 0.722. The number of nitrogens with one attached hydrogen (secondary N) is 2. The smallest absolute Gasteiger partial charge is 0.252 e. The zero-order valence-corrected chi connectivity index (χ0v) is 14.8. The van der Waals surface area contributed by atoms with Crippen LogP contribution in [0.4, 0.5) is 5.95 Å². The van der Waals surface area contributed by atoms with Gasteiger partial charge in [-0.2, -0.15) is 0 Å². The van der Waals surface area contributed by atoms with Gasteiger partial charge in [0.1, 0.15) is 0 Å². The number of nitrogens with zero attached hydrogens (tertiary/aromatic N) is 2. The summed E-state index contributed by atoms with van der Waals surface area (Å²) in [6.07, 6.45) is 9.04. The van der Waals surface area contributed by atoms with Crippen molar-refractivity contribution in [3.63, 3.8) is 0 Å². The lowest BCUT2D eigenvalue weighted by atomic mass is 9.88. The molecule has 4 N–H and O–H groups in total. The predicted octanol–water partition coefficient (Wildman–Crippen LogP) is 1.06. The van der Waals surface area contributed by atoms with E-state index >= 15 is 0 Å². The Morgan fingerprint density at radius 2 is 2.08 bits per heavy atom. The monoisotopic (exact) mass is 347 g/mol. The summed E-state index contributed by atoms with van der Waals surface area (Å²) in [5.41, 5.74) is 5.60. The molecular formula is C18H29N5O2. The van der Waals surface area contributed by atoms with Crippen molar-refractivity contribution in [2.75, 3.05) is 25.4 Å². The number of nitrogens with two attached hydrogens (primary N) is 1. The van der Waals surface area contributed by atoms with Crippen molar-refractivity contribution in [3.8, 4) is 0 Å². The Labute approximate surface area is 148 Å². The number of hydrogen-bond donors (Lipinski definition) is 3. The van der Waals surface area contributed by atoms with Gasteiger partial charge in [-0.3, -0.25) is 14.6 Å². The van der Waals surface area contributed by atoms with Crippen LogP contribution < -0.4 is 16.6 Å². The Morgan fingerprint density at radius 3 is 2.84 bits per heavy atom. The Balaban J connectivity index is 1.48. The Kier molecular flexibility index (Phi) is 6.07. The van der Waals surface area contributed by atoms with Gasteiger partial charge >= 0.3 is 0 Å². The molecule has 0 radical (unpaired) electrons. The van der Waals surface area contributed by atoms with Crippen LogP contribution in [0.5, 0.6) is 0 Å². The summed E-state index contributed by atoms with van der Waals surface area (Å²) in [6, 6.07) is 1.51. The number of rotatable bonds is 5. The minimum Gasteiger partial charge on any atom is -0.369 e. The number of carbonyl (C=O) groups excluding carboxylic acids is 1. The van der Waals surface area contributed by atoms with Crippen molar-refractivity contribution < 1.29 is 4.79 Å². The molecule has 3 rings (SSSR count). The Morgan fingerprint density at radius 1 is 1.28 bits per heavy atom. The number of aromatic nitrogens is 2. The summed E-state index contributed by atoms with van der Waals surface area (Å²) in [6.45, 7) is 3.22. The first-order valence-corrected chi connectivity index (χ1v) is 9.46. The molecule has 2 fully saturated rings. The van der Waals surface area contributed by atoms with Gasteiger partial charge in [0.25, 0.3) is 5.56 Å². The third-order valence-corrected chi connectivity index (χ3v) is 5.27. The van der Waals surface area contributed by atoms with Gasteiger partial charge < -0.3 is 16.0 Å². The molecule has 25 heavy (non-hydrogen) atoms. The van der Waals surface area contributed by atoms with Gasteiger partial charge in [-0.05, 0) is 38.1 Å². The number of piperidine rings is 1. The highest BCUT2D eigenvalue weighted by molar-refractivity contribution is 5.78. The maximum atomic E-state index is 12.3. The van der Waals surface area contributed by atoms with Gasteiger partial charge in [0.15, 0.2) is 0 Å². The summed E-state index contributed by atoms with van der Waals surface area (Å²) in [5.74, 6) is 0.778. The summed E-state index contributed by atoms with van der Waals surface area (Å²) < 4.78 is 0. The highest BCUT2D eigenvalue weighted by Crippen LogP contribution is 2.25. The average molecular weight is 347 g/mol. The molecule has 0 aromatic carbocycles. The van der Waals surface area contributed by atoms with E-state index in [9.17, 15) is 9.59 Å². The lowest BCUT2D eigenvalue weighted by Crippen LogP contribution is -2.49. The van der Waals surface area contributed by atoms with E-state index in [0.29, 0.717) is 5.69 Å². The topological polar surface area (TPSA) is 104 Å². The fourth-order valence-corrected chi connectivity index (χ4v) is 4.14. The SMILES string of the molecule is Nc1nc(CC(=O)NC2CCCN(CC3CCCCC3)C2)cc(=O)[nH]1. The Hall–Kier alpha value is -1.89. The lowest BCUT2D eigenvalue weighted by Gasteiger charge is -2.36. The molecule has 2 heterocycles. The van der Waals surface area contributed by atoms with E-state index in [1.54, 1.807) is 0 Å². The zero-order chi connectivity index (χ0) is 17.6. The molecule has 0 bridgehead atoms. The number of likely N-dealkylation sites (tertiary alicyclic amines) is 1. The minimum absolute atomic E-state index is 0.0478. The molecule has 0 spiro atoms. The average Bonchev–Trinajstić information content (AvgIpc) is 2.55. The molecule has 138 valence electrons. The first-order chi connectivity index (χ1) is 12.1. The number of nitrogen functional groups attached to an aromatic ring is 1. The summed E-state index contributed by atoms with van der Waals surface area (Å²) in [4.78, 5) is 32.6. The first-order valence-electron chi connectivity index (χ1n) is 9.46. The van der Waals surface area contributed by atoms with Crippen molar-refractivity contribution in [2.45, 2.75) is 57.4 Å². The highest BCUT2D eigenvalue weighted by Gasteiger charge is 2.24. The summed E-state index contributed by atoms with van der Waals surface area (Å²) >= 11 is 0. The van der Waals surface area contributed by atoms with Crippen molar-refractivity contribution in [2.24, 2.45) is 5.92 Å². The largest absolute Gasteiger partial charge is 0.369 e. The summed E-state index contributed by atoms with van der Waals surface area (Å²) in [5, 5.41) is 3.10. The molecule has 1 atom stereocenters. The molecule has 1 aliphatic heterocycles. The number of amides is 1. The maximum Gasteiger partial charge on any atom is 0.252 e.